The Balaban J connectivity index is 2.86. The number of rotatable bonds is 6. The van der Waals surface area contributed by atoms with Crippen LogP contribution in [-0.2, 0) is 9.53 Å². The maximum Gasteiger partial charge on any atom is 0.411 e. The van der Waals surface area contributed by atoms with Crippen molar-refractivity contribution in [1.29, 1.82) is 0 Å². The molecule has 0 radical (unpaired) electrons. The lowest BCUT2D eigenvalue weighted by atomic mass is 9.71. The number of aliphatic carboxylic acids is 1. The molecule has 118 valence electrons. The Bertz CT molecular complexity index is 459. The van der Waals surface area contributed by atoms with Crippen LogP contribution < -0.4 is 5.32 Å². The molecular weight excluding hydrogens is 294 g/mol. The van der Waals surface area contributed by atoms with E-state index in [2.05, 4.69) is 5.32 Å². The number of alkyl carbamates (subject to hydrolysis) is 1. The normalized spacial score (nSPS) is 24.6. The van der Waals surface area contributed by atoms with Crippen LogP contribution in [0.3, 0.4) is 0 Å². The Morgan fingerprint density at radius 2 is 2.19 bits per heavy atom. The number of allylic oxidation sites excluding steroid dienone is 2. The van der Waals surface area contributed by atoms with Crippen LogP contribution in [0.5, 0.6) is 0 Å². The Morgan fingerprint density at radius 1 is 1.52 bits per heavy atom. The van der Waals surface area contributed by atoms with Gasteiger partial charge in [-0.1, -0.05) is 33.3 Å². The first-order chi connectivity index (χ1) is 9.84. The van der Waals surface area contributed by atoms with Crippen molar-refractivity contribution in [2.45, 2.75) is 39.0 Å². The molecule has 0 saturated carbocycles. The van der Waals surface area contributed by atoms with Crippen molar-refractivity contribution in [3.05, 3.63) is 23.9 Å². The van der Waals surface area contributed by atoms with E-state index >= 15 is 0 Å². The molecule has 0 aromatic rings. The number of carboxylic acid groups (broad SMARTS) is 1. The monoisotopic (exact) mass is 315 g/mol. The van der Waals surface area contributed by atoms with E-state index in [9.17, 15) is 14.7 Å². The average Bonchev–Trinajstić information content (AvgIpc) is 2.40. The van der Waals surface area contributed by atoms with Crippen LogP contribution in [0.25, 0.3) is 0 Å². The van der Waals surface area contributed by atoms with Crippen LogP contribution in [0.15, 0.2) is 23.9 Å². The predicted octanol–water partition coefficient (Wildman–Crippen LogP) is 3.30. The molecule has 0 fully saturated rings. The van der Waals surface area contributed by atoms with Crippen molar-refractivity contribution in [3.8, 4) is 0 Å². The van der Waals surface area contributed by atoms with Gasteiger partial charge in [0.2, 0.25) is 0 Å². The number of hydrogen-bond acceptors (Lipinski definition) is 3. The van der Waals surface area contributed by atoms with Gasteiger partial charge in [0.25, 0.3) is 0 Å². The molecule has 6 heteroatoms. The van der Waals surface area contributed by atoms with Crippen molar-refractivity contribution in [2.75, 3.05) is 6.61 Å². The number of amides is 1. The van der Waals surface area contributed by atoms with E-state index in [1.54, 1.807) is 26.0 Å². The number of nitrogens with one attached hydrogen (secondary N) is 1. The highest BCUT2D eigenvalue weighted by Crippen LogP contribution is 2.40. The van der Waals surface area contributed by atoms with Gasteiger partial charge in [-0.3, -0.25) is 10.1 Å². The molecule has 0 heterocycles. The summed E-state index contributed by atoms with van der Waals surface area (Å²) < 4.78 is 5.00. The van der Waals surface area contributed by atoms with Gasteiger partial charge in [0.1, 0.15) is 5.41 Å². The number of carboxylic acids is 1. The van der Waals surface area contributed by atoms with E-state index in [4.69, 9.17) is 16.3 Å². The molecule has 0 aromatic carbocycles. The zero-order chi connectivity index (χ0) is 16.0. The van der Waals surface area contributed by atoms with Crippen LogP contribution in [0, 0.1) is 11.3 Å². The van der Waals surface area contributed by atoms with Crippen LogP contribution in [0.2, 0.25) is 0 Å². The summed E-state index contributed by atoms with van der Waals surface area (Å²) >= 11 is 6.18. The van der Waals surface area contributed by atoms with E-state index < -0.39 is 22.9 Å². The van der Waals surface area contributed by atoms with E-state index in [0.717, 1.165) is 12.8 Å². The summed E-state index contributed by atoms with van der Waals surface area (Å²) in [6, 6.07) is 0. The van der Waals surface area contributed by atoms with Gasteiger partial charge in [0, 0.05) is 5.70 Å². The molecule has 1 rings (SSSR count). The minimum atomic E-state index is -1.25. The maximum absolute atomic E-state index is 11.7. The first-order valence-electron chi connectivity index (χ1n) is 7.06. The highest BCUT2D eigenvalue weighted by molar-refractivity contribution is 6.24. The number of hydrogen-bond donors (Lipinski definition) is 2. The number of carbonyl (C=O) groups is 2. The number of halogens is 1. The summed E-state index contributed by atoms with van der Waals surface area (Å²) in [6.07, 6.45) is 5.81. The minimum absolute atomic E-state index is 0.227. The van der Waals surface area contributed by atoms with Gasteiger partial charge in [-0.15, -0.1) is 11.6 Å². The van der Waals surface area contributed by atoms with Crippen LogP contribution in [-0.4, -0.2) is 29.2 Å². The van der Waals surface area contributed by atoms with E-state index in [0.29, 0.717) is 12.3 Å². The molecule has 0 bridgehead atoms. The third-order valence-corrected chi connectivity index (χ3v) is 4.11. The third kappa shape index (κ3) is 4.00. The minimum Gasteiger partial charge on any atom is -0.481 e. The van der Waals surface area contributed by atoms with Crippen molar-refractivity contribution >= 4 is 23.7 Å². The second-order valence-electron chi connectivity index (χ2n) is 5.37. The summed E-state index contributed by atoms with van der Waals surface area (Å²) in [5, 5.41) is 11.4. The topological polar surface area (TPSA) is 75.6 Å². The number of unbranched alkanes of at least 4 members (excludes halogenated alkanes) is 1. The molecule has 0 spiro atoms. The molecule has 0 aliphatic heterocycles. The fraction of sp³-hybridized carbons (Fsp3) is 0.600. The molecule has 0 saturated heterocycles. The first-order valence-corrected chi connectivity index (χ1v) is 7.50. The van der Waals surface area contributed by atoms with Crippen molar-refractivity contribution in [1.82, 2.24) is 5.32 Å². The van der Waals surface area contributed by atoms with Crippen molar-refractivity contribution in [2.24, 2.45) is 11.3 Å². The van der Waals surface area contributed by atoms with Gasteiger partial charge in [-0.05, 0) is 24.5 Å². The SMILES string of the molecule is CCCCOC(=O)NC1=CC(C(=O)O)(C(C)C)C(Cl)C=C1. The quantitative estimate of drug-likeness (QED) is 0.582. The van der Waals surface area contributed by atoms with Gasteiger partial charge in [0.15, 0.2) is 0 Å². The summed E-state index contributed by atoms with van der Waals surface area (Å²) in [5.74, 6) is -1.24. The van der Waals surface area contributed by atoms with E-state index in [1.165, 1.54) is 6.08 Å². The lowest BCUT2D eigenvalue weighted by Gasteiger charge is -2.36. The molecule has 2 N–H and O–H groups in total. The second-order valence-corrected chi connectivity index (χ2v) is 5.84. The maximum atomic E-state index is 11.7. The molecule has 1 amide bonds. The third-order valence-electron chi connectivity index (χ3n) is 3.60. The van der Waals surface area contributed by atoms with E-state index in [1.807, 2.05) is 6.92 Å². The fourth-order valence-corrected chi connectivity index (χ4v) is 2.67. The zero-order valence-electron chi connectivity index (χ0n) is 12.6. The molecule has 1 aliphatic carbocycles. The lowest BCUT2D eigenvalue weighted by molar-refractivity contribution is -0.148. The number of carbonyl (C=O) groups excluding carboxylic acids is 1. The molecule has 1 aliphatic rings. The first kappa shape index (κ1) is 17.6. The second kappa shape index (κ2) is 7.50. The van der Waals surface area contributed by atoms with Crippen molar-refractivity contribution in [3.63, 3.8) is 0 Å². The molecule has 5 nitrogen and oxygen atoms in total. The highest BCUT2D eigenvalue weighted by Gasteiger charge is 2.47. The Labute approximate surface area is 130 Å². The smallest absolute Gasteiger partial charge is 0.411 e. The largest absolute Gasteiger partial charge is 0.481 e. The zero-order valence-corrected chi connectivity index (χ0v) is 13.3. The van der Waals surface area contributed by atoms with Crippen LogP contribution in [0.4, 0.5) is 4.79 Å². The van der Waals surface area contributed by atoms with Gasteiger partial charge in [-0.2, -0.15) is 0 Å². The van der Waals surface area contributed by atoms with Crippen LogP contribution >= 0.6 is 11.6 Å². The van der Waals surface area contributed by atoms with Crippen LogP contribution in [0.1, 0.15) is 33.6 Å². The fourth-order valence-electron chi connectivity index (χ4n) is 2.19. The summed E-state index contributed by atoms with van der Waals surface area (Å²) in [5.41, 5.74) is -0.855. The van der Waals surface area contributed by atoms with Gasteiger partial charge < -0.3 is 9.84 Å². The summed E-state index contributed by atoms with van der Waals surface area (Å²) in [6.45, 7) is 5.91. The standard InChI is InChI=1S/C15H22ClNO4/c1-4-5-8-21-14(20)17-11-6-7-12(16)15(9-11,10(2)3)13(18)19/h6-7,9-10,12H,4-5,8H2,1-3H3,(H,17,20)(H,18,19). The average molecular weight is 316 g/mol. The number of alkyl halides is 1. The number of ether oxygens (including phenoxy) is 1. The lowest BCUT2D eigenvalue weighted by Crippen LogP contribution is -2.44. The molecule has 2 atom stereocenters. The summed E-state index contributed by atoms with van der Waals surface area (Å²) in [4.78, 5) is 23.3. The van der Waals surface area contributed by atoms with Crippen molar-refractivity contribution < 1.29 is 19.4 Å². The molecule has 0 aromatic heterocycles. The summed E-state index contributed by atoms with van der Waals surface area (Å²) in [7, 11) is 0. The molecule has 21 heavy (non-hydrogen) atoms. The highest BCUT2D eigenvalue weighted by atomic mass is 35.5. The van der Waals surface area contributed by atoms with Gasteiger partial charge in [-0.25, -0.2) is 4.79 Å². The Kier molecular flexibility index (Phi) is 6.27. The van der Waals surface area contributed by atoms with Gasteiger partial charge >= 0.3 is 12.1 Å². The van der Waals surface area contributed by atoms with E-state index in [-0.39, 0.29) is 5.92 Å². The Hall–Kier alpha value is -1.49. The Morgan fingerprint density at radius 3 is 2.71 bits per heavy atom. The predicted molar refractivity (Wildman–Crippen MR) is 81.2 cm³/mol. The van der Waals surface area contributed by atoms with Gasteiger partial charge in [0.05, 0.1) is 12.0 Å². The molecule has 2 unspecified atom stereocenters. The molecular formula is C15H22ClNO4.